The quantitative estimate of drug-likeness (QED) is 0.454. The third-order valence-corrected chi connectivity index (χ3v) is 5.48. The summed E-state index contributed by atoms with van der Waals surface area (Å²) in [4.78, 5) is 42.4. The highest BCUT2D eigenvalue weighted by Gasteiger charge is 2.38. The van der Waals surface area contributed by atoms with Gasteiger partial charge in [-0.2, -0.15) is 0 Å². The van der Waals surface area contributed by atoms with Gasteiger partial charge in [0.1, 0.15) is 18.0 Å². The second-order valence-corrected chi connectivity index (χ2v) is 9.17. The number of Topliss-reactive ketones (excluding diaryl/α,β-unsaturated/α-hetero) is 1. The average molecular weight is 409 g/mol. The topological polar surface area (TPSA) is 104 Å². The minimum atomic E-state index is -3.78. The van der Waals surface area contributed by atoms with E-state index in [4.69, 9.17) is 9.84 Å². The van der Waals surface area contributed by atoms with Gasteiger partial charge in [-0.1, -0.05) is 12.1 Å². The van der Waals surface area contributed by atoms with Crippen molar-refractivity contribution in [2.24, 2.45) is 0 Å². The molecule has 0 heterocycles. The van der Waals surface area contributed by atoms with Crippen molar-refractivity contribution in [3.8, 4) is 16.9 Å². The molecule has 0 aliphatic carbocycles. The van der Waals surface area contributed by atoms with Gasteiger partial charge >= 0.3 is 13.7 Å². The molecule has 28 heavy (non-hydrogen) atoms. The smallest absolute Gasteiger partial charge is 0.313 e. The van der Waals surface area contributed by atoms with Crippen molar-refractivity contribution in [2.45, 2.75) is 27.2 Å². The standard InChI is InChI=1S/C20H22FO6P/c1-12-6-14(3)20(17(7-12)15-4-5-18(21)13(2)8-15)27-11-28(25,26)10-16(22)9-19(23)24/h4-8,25-26H,9-11H2,1-3H3/p+1. The number of hydrogen-bond donors (Lipinski definition) is 3. The SMILES string of the molecule is Cc1cc(C)c(OC[P+](O)(O)CC(=O)CC(=O)O)c(-c2ccc(F)c(C)c2)c1. The highest BCUT2D eigenvalue weighted by Crippen LogP contribution is 2.50. The maximum atomic E-state index is 13.6. The lowest BCUT2D eigenvalue weighted by molar-refractivity contribution is -0.139. The van der Waals surface area contributed by atoms with E-state index < -0.39 is 38.4 Å². The van der Waals surface area contributed by atoms with Crippen LogP contribution in [0, 0.1) is 26.6 Å². The molecule has 2 aromatic rings. The van der Waals surface area contributed by atoms with Crippen molar-refractivity contribution in [3.63, 3.8) is 0 Å². The van der Waals surface area contributed by atoms with Gasteiger partial charge in [0.2, 0.25) is 6.35 Å². The molecule has 0 unspecified atom stereocenters. The van der Waals surface area contributed by atoms with E-state index in [1.165, 1.54) is 6.07 Å². The summed E-state index contributed by atoms with van der Waals surface area (Å²) in [7, 11) is -3.78. The minimum Gasteiger partial charge on any atom is -0.481 e. The van der Waals surface area contributed by atoms with Crippen molar-refractivity contribution in [1.29, 1.82) is 0 Å². The second-order valence-electron chi connectivity index (χ2n) is 6.84. The van der Waals surface area contributed by atoms with Gasteiger partial charge < -0.3 is 9.84 Å². The summed E-state index contributed by atoms with van der Waals surface area (Å²) in [6.45, 7) is 5.34. The predicted molar refractivity (Wildman–Crippen MR) is 105 cm³/mol. The fourth-order valence-corrected chi connectivity index (χ4v) is 4.00. The molecule has 0 amide bonds. The third-order valence-electron chi connectivity index (χ3n) is 4.08. The maximum Gasteiger partial charge on any atom is 0.313 e. The molecule has 0 atom stereocenters. The number of ketones is 1. The first-order chi connectivity index (χ1) is 13.0. The molecule has 0 saturated carbocycles. The van der Waals surface area contributed by atoms with Gasteiger partial charge in [0.05, 0.1) is 0 Å². The molecule has 2 aromatic carbocycles. The zero-order chi connectivity index (χ0) is 21.1. The Morgan fingerprint density at radius 2 is 1.75 bits per heavy atom. The molecule has 0 aliphatic heterocycles. The van der Waals surface area contributed by atoms with E-state index in [-0.39, 0.29) is 5.82 Å². The van der Waals surface area contributed by atoms with Gasteiger partial charge in [0.25, 0.3) is 0 Å². The summed E-state index contributed by atoms with van der Waals surface area (Å²) in [6, 6.07) is 8.35. The Morgan fingerprint density at radius 1 is 1.07 bits per heavy atom. The molecule has 8 heteroatoms. The lowest BCUT2D eigenvalue weighted by atomic mass is 9.98. The normalized spacial score (nSPS) is 11.4. The van der Waals surface area contributed by atoms with Gasteiger partial charge in [0, 0.05) is 5.56 Å². The molecule has 0 radical (unpaired) electrons. The zero-order valence-corrected chi connectivity index (χ0v) is 16.8. The molecule has 0 bridgehead atoms. The Balaban J connectivity index is 2.29. The fraction of sp³-hybridized carbons (Fsp3) is 0.300. The lowest BCUT2D eigenvalue weighted by Crippen LogP contribution is -2.17. The van der Waals surface area contributed by atoms with E-state index >= 15 is 0 Å². The van der Waals surface area contributed by atoms with Crippen molar-refractivity contribution >= 4 is 19.5 Å². The van der Waals surface area contributed by atoms with Crippen LogP contribution in [0.1, 0.15) is 23.1 Å². The molecule has 3 N–H and O–H groups in total. The Labute approximate surface area is 163 Å². The van der Waals surface area contributed by atoms with E-state index in [9.17, 15) is 23.8 Å². The van der Waals surface area contributed by atoms with Gasteiger partial charge in [-0.25, -0.2) is 14.2 Å². The molecule has 0 fully saturated rings. The summed E-state index contributed by atoms with van der Waals surface area (Å²) in [5.74, 6) is -2.03. The molecule has 0 saturated heterocycles. The predicted octanol–water partition coefficient (Wildman–Crippen LogP) is 3.63. The summed E-state index contributed by atoms with van der Waals surface area (Å²) >= 11 is 0. The van der Waals surface area contributed by atoms with Crippen LogP contribution in [0.2, 0.25) is 0 Å². The number of halogens is 1. The number of aliphatic carboxylic acids is 1. The van der Waals surface area contributed by atoms with E-state index in [1.807, 2.05) is 19.1 Å². The Morgan fingerprint density at radius 3 is 2.36 bits per heavy atom. The molecule has 0 aliphatic rings. The number of carboxylic acids is 1. The van der Waals surface area contributed by atoms with Crippen molar-refractivity contribution in [3.05, 3.63) is 52.8 Å². The molecular formula is C20H23FO6P+. The van der Waals surface area contributed by atoms with Crippen LogP contribution >= 0.6 is 7.72 Å². The zero-order valence-electron chi connectivity index (χ0n) is 15.9. The van der Waals surface area contributed by atoms with Crippen LogP contribution < -0.4 is 4.74 Å². The summed E-state index contributed by atoms with van der Waals surface area (Å²) in [5, 5.41) is 8.63. The highest BCUT2D eigenvalue weighted by atomic mass is 31.2. The maximum absolute atomic E-state index is 13.6. The summed E-state index contributed by atoms with van der Waals surface area (Å²) in [6.07, 6.45) is -1.95. The first kappa shape index (κ1) is 22.0. The molecule has 0 spiro atoms. The number of carboxylic acid groups (broad SMARTS) is 1. The number of aryl methyl sites for hydroxylation is 3. The lowest BCUT2D eigenvalue weighted by Gasteiger charge is -2.18. The number of carbonyl (C=O) groups excluding carboxylic acids is 1. The number of hydrogen-bond acceptors (Lipinski definition) is 5. The van der Waals surface area contributed by atoms with E-state index in [0.717, 1.165) is 11.1 Å². The fourth-order valence-electron chi connectivity index (χ4n) is 2.89. The van der Waals surface area contributed by atoms with Crippen LogP contribution in [-0.2, 0) is 9.59 Å². The monoisotopic (exact) mass is 409 g/mol. The summed E-state index contributed by atoms with van der Waals surface area (Å²) < 4.78 is 19.3. The first-order valence-corrected chi connectivity index (χ1v) is 10.6. The summed E-state index contributed by atoms with van der Waals surface area (Å²) in [5.41, 5.74) is 3.54. The van der Waals surface area contributed by atoms with Crippen molar-refractivity contribution < 1.29 is 33.6 Å². The molecule has 2 rings (SSSR count). The molecule has 150 valence electrons. The van der Waals surface area contributed by atoms with E-state index in [0.29, 0.717) is 22.4 Å². The number of rotatable bonds is 8. The van der Waals surface area contributed by atoms with Crippen molar-refractivity contribution in [1.82, 2.24) is 0 Å². The van der Waals surface area contributed by atoms with Gasteiger partial charge in [-0.3, -0.25) is 9.59 Å². The van der Waals surface area contributed by atoms with Crippen LogP contribution in [0.4, 0.5) is 4.39 Å². The number of carbonyl (C=O) groups is 2. The number of ether oxygens (including phenoxy) is 1. The Bertz CT molecular complexity index is 910. The molecular weight excluding hydrogens is 386 g/mol. The molecule has 0 aromatic heterocycles. The van der Waals surface area contributed by atoms with Crippen LogP contribution in [0.15, 0.2) is 30.3 Å². The largest absolute Gasteiger partial charge is 0.481 e. The number of benzene rings is 2. The van der Waals surface area contributed by atoms with E-state index in [1.54, 1.807) is 26.0 Å². The molecule has 6 nitrogen and oxygen atoms in total. The minimum absolute atomic E-state index is 0.330. The first-order valence-electron chi connectivity index (χ1n) is 8.55. The van der Waals surface area contributed by atoms with Crippen LogP contribution in [0.3, 0.4) is 0 Å². The highest BCUT2D eigenvalue weighted by molar-refractivity contribution is 7.65. The Kier molecular flexibility index (Phi) is 6.88. The van der Waals surface area contributed by atoms with Gasteiger partial charge in [-0.05, 0) is 61.2 Å². The van der Waals surface area contributed by atoms with Crippen LogP contribution in [0.5, 0.6) is 5.75 Å². The van der Waals surface area contributed by atoms with Crippen LogP contribution in [-0.4, -0.2) is 39.2 Å². The van der Waals surface area contributed by atoms with Crippen LogP contribution in [0.25, 0.3) is 11.1 Å². The average Bonchev–Trinajstić information content (AvgIpc) is 2.54. The Hall–Kier alpha value is -2.34. The van der Waals surface area contributed by atoms with Gasteiger partial charge in [0.15, 0.2) is 11.9 Å². The van der Waals surface area contributed by atoms with Gasteiger partial charge in [-0.15, -0.1) is 0 Å². The van der Waals surface area contributed by atoms with Crippen molar-refractivity contribution in [2.75, 3.05) is 12.5 Å². The van der Waals surface area contributed by atoms with E-state index in [2.05, 4.69) is 0 Å². The third kappa shape index (κ3) is 5.83. The second kappa shape index (κ2) is 8.78.